The highest BCUT2D eigenvalue weighted by molar-refractivity contribution is 7.18. The molecule has 1 N–H and O–H groups in total. The molecule has 0 radical (unpaired) electrons. The minimum Gasteiger partial charge on any atom is -0.356 e. The van der Waals surface area contributed by atoms with E-state index in [1.165, 1.54) is 10.4 Å². The predicted octanol–water partition coefficient (Wildman–Crippen LogP) is 5.60. The normalized spacial score (nSPS) is 14.8. The molecule has 4 heterocycles. The lowest BCUT2D eigenvalue weighted by Crippen LogP contribution is -2.38. The van der Waals surface area contributed by atoms with Crippen LogP contribution in [0.4, 0.5) is 11.5 Å². The number of nitrogens with zero attached hydrogens (tertiary/aromatic N) is 4. The van der Waals surface area contributed by atoms with Gasteiger partial charge in [-0.2, -0.15) is 0 Å². The minimum atomic E-state index is 0.00903. The van der Waals surface area contributed by atoms with Gasteiger partial charge in [-0.15, -0.1) is 22.7 Å². The lowest BCUT2D eigenvalue weighted by molar-refractivity contribution is -0.120. The Hall–Kier alpha value is -2.84. The predicted molar refractivity (Wildman–Crippen MR) is 133 cm³/mol. The van der Waals surface area contributed by atoms with Crippen LogP contribution in [-0.2, 0) is 4.79 Å². The molecule has 1 saturated heterocycles. The van der Waals surface area contributed by atoms with Crippen LogP contribution in [0.3, 0.4) is 0 Å². The van der Waals surface area contributed by atoms with E-state index in [9.17, 15) is 4.79 Å². The zero-order valence-electron chi connectivity index (χ0n) is 18.4. The summed E-state index contributed by atoms with van der Waals surface area (Å²) in [6.07, 6.45) is 3.29. The maximum absolute atomic E-state index is 12.9. The van der Waals surface area contributed by atoms with E-state index in [2.05, 4.69) is 44.4 Å². The lowest BCUT2D eigenvalue weighted by Gasteiger charge is -2.32. The first-order valence-electron chi connectivity index (χ1n) is 10.8. The van der Waals surface area contributed by atoms with E-state index < -0.39 is 0 Å². The number of piperidine rings is 1. The Morgan fingerprint density at radius 2 is 1.84 bits per heavy atom. The number of hydrogen-bond donors (Lipinski definition) is 1. The molecule has 1 fully saturated rings. The molecule has 164 valence electrons. The number of fused-ring (bicyclic) bond motifs is 1. The van der Waals surface area contributed by atoms with E-state index in [0.29, 0.717) is 0 Å². The zero-order valence-corrected chi connectivity index (χ0v) is 20.0. The molecule has 0 unspecified atom stereocenters. The third-order valence-corrected chi connectivity index (χ3v) is 8.07. The second kappa shape index (κ2) is 8.60. The number of thiazole rings is 1. The number of amides is 1. The Morgan fingerprint density at radius 3 is 2.53 bits per heavy atom. The first kappa shape index (κ1) is 21.0. The number of thiophene rings is 1. The molecule has 0 bridgehead atoms. The second-order valence-corrected chi connectivity index (χ2v) is 10.5. The Morgan fingerprint density at radius 1 is 1.09 bits per heavy atom. The van der Waals surface area contributed by atoms with Crippen LogP contribution in [-0.4, -0.2) is 33.9 Å². The Balaban J connectivity index is 1.22. The van der Waals surface area contributed by atoms with Gasteiger partial charge < -0.3 is 10.2 Å². The van der Waals surface area contributed by atoms with Crippen molar-refractivity contribution < 1.29 is 4.79 Å². The van der Waals surface area contributed by atoms with Gasteiger partial charge in [-0.25, -0.2) is 15.0 Å². The number of nitrogens with one attached hydrogen (secondary N) is 1. The van der Waals surface area contributed by atoms with Gasteiger partial charge in [0.1, 0.15) is 17.0 Å². The molecule has 0 saturated carbocycles. The maximum atomic E-state index is 12.9. The van der Waals surface area contributed by atoms with Crippen LogP contribution in [0, 0.1) is 26.7 Å². The summed E-state index contributed by atoms with van der Waals surface area (Å²) >= 11 is 3.36. The standard InChI is InChI=1S/C24H25N5OS2/c1-14-15(2)32-24-21(14)22(25-13-26-24)29-10-8-18(9-11-29)23(30)28-19-6-4-17(5-7-19)20-12-31-16(3)27-20/h4-7,12-13,18H,8-11H2,1-3H3,(H,28,30). The number of aromatic nitrogens is 3. The van der Waals surface area contributed by atoms with Crippen LogP contribution in [0.1, 0.15) is 28.3 Å². The molecule has 0 atom stereocenters. The monoisotopic (exact) mass is 463 g/mol. The van der Waals surface area contributed by atoms with Crippen LogP contribution >= 0.6 is 22.7 Å². The summed E-state index contributed by atoms with van der Waals surface area (Å²) in [4.78, 5) is 31.1. The van der Waals surface area contributed by atoms with Crippen molar-refractivity contribution >= 4 is 50.3 Å². The van der Waals surface area contributed by atoms with Crippen molar-refractivity contribution in [3.8, 4) is 11.3 Å². The van der Waals surface area contributed by atoms with Crippen LogP contribution < -0.4 is 10.2 Å². The van der Waals surface area contributed by atoms with Crippen LogP contribution in [0.15, 0.2) is 36.0 Å². The van der Waals surface area contributed by atoms with E-state index in [-0.39, 0.29) is 11.8 Å². The molecule has 0 spiro atoms. The number of rotatable bonds is 4. The summed E-state index contributed by atoms with van der Waals surface area (Å²) in [5, 5.41) is 7.36. The molecular formula is C24H25N5OS2. The number of carbonyl (C=O) groups is 1. The van der Waals surface area contributed by atoms with Gasteiger partial charge in [-0.1, -0.05) is 12.1 Å². The summed E-state index contributed by atoms with van der Waals surface area (Å²) < 4.78 is 0. The fraction of sp³-hybridized carbons (Fsp3) is 0.333. The van der Waals surface area contributed by atoms with Crippen molar-refractivity contribution in [3.63, 3.8) is 0 Å². The number of hydrogen-bond acceptors (Lipinski definition) is 7. The van der Waals surface area contributed by atoms with E-state index in [1.54, 1.807) is 29.0 Å². The summed E-state index contributed by atoms with van der Waals surface area (Å²) in [5.41, 5.74) is 4.13. The highest BCUT2D eigenvalue weighted by Gasteiger charge is 2.27. The summed E-state index contributed by atoms with van der Waals surface area (Å²) in [6, 6.07) is 7.93. The highest BCUT2D eigenvalue weighted by Crippen LogP contribution is 2.35. The molecule has 5 rings (SSSR count). The minimum absolute atomic E-state index is 0.00903. The summed E-state index contributed by atoms with van der Waals surface area (Å²) in [7, 11) is 0. The number of carbonyl (C=O) groups excluding carboxylic acids is 1. The van der Waals surface area contributed by atoms with Gasteiger partial charge >= 0.3 is 0 Å². The molecule has 1 aromatic carbocycles. The van der Waals surface area contributed by atoms with Crippen molar-refractivity contribution in [2.45, 2.75) is 33.6 Å². The number of aryl methyl sites for hydroxylation is 3. The lowest BCUT2D eigenvalue weighted by atomic mass is 9.95. The molecule has 1 amide bonds. The van der Waals surface area contributed by atoms with Gasteiger partial charge in [-0.3, -0.25) is 4.79 Å². The highest BCUT2D eigenvalue weighted by atomic mass is 32.1. The largest absolute Gasteiger partial charge is 0.356 e. The molecule has 1 aliphatic heterocycles. The third-order valence-electron chi connectivity index (χ3n) is 6.18. The zero-order chi connectivity index (χ0) is 22.2. The van der Waals surface area contributed by atoms with Crippen molar-refractivity contribution in [3.05, 3.63) is 51.4 Å². The fourth-order valence-electron chi connectivity index (χ4n) is 4.22. The van der Waals surface area contributed by atoms with E-state index in [1.807, 2.05) is 31.2 Å². The average Bonchev–Trinajstić information content (AvgIpc) is 3.37. The Bertz CT molecular complexity index is 1270. The van der Waals surface area contributed by atoms with Gasteiger partial charge in [0, 0.05) is 40.5 Å². The molecule has 32 heavy (non-hydrogen) atoms. The van der Waals surface area contributed by atoms with Gasteiger partial charge in [0.05, 0.1) is 16.1 Å². The smallest absolute Gasteiger partial charge is 0.227 e. The van der Waals surface area contributed by atoms with E-state index in [0.717, 1.165) is 63.9 Å². The summed E-state index contributed by atoms with van der Waals surface area (Å²) in [6.45, 7) is 7.92. The fourth-order valence-corrected chi connectivity index (χ4v) is 5.84. The molecule has 1 aliphatic rings. The van der Waals surface area contributed by atoms with Crippen molar-refractivity contribution in [1.82, 2.24) is 15.0 Å². The van der Waals surface area contributed by atoms with Crippen LogP contribution in [0.25, 0.3) is 21.5 Å². The van der Waals surface area contributed by atoms with Crippen molar-refractivity contribution in [1.29, 1.82) is 0 Å². The van der Waals surface area contributed by atoms with E-state index in [4.69, 9.17) is 0 Å². The molecule has 0 aliphatic carbocycles. The molecule has 3 aromatic heterocycles. The Kier molecular flexibility index (Phi) is 5.65. The maximum Gasteiger partial charge on any atom is 0.227 e. The van der Waals surface area contributed by atoms with Crippen molar-refractivity contribution in [2.24, 2.45) is 5.92 Å². The quantitative estimate of drug-likeness (QED) is 0.427. The summed E-state index contributed by atoms with van der Waals surface area (Å²) in [5.74, 6) is 1.11. The Labute approximate surface area is 195 Å². The van der Waals surface area contributed by atoms with Gasteiger partial charge in [0.25, 0.3) is 0 Å². The first-order chi connectivity index (χ1) is 15.5. The molecule has 6 nitrogen and oxygen atoms in total. The number of benzene rings is 1. The number of anilines is 2. The molecular weight excluding hydrogens is 438 g/mol. The van der Waals surface area contributed by atoms with Crippen LogP contribution in [0.5, 0.6) is 0 Å². The van der Waals surface area contributed by atoms with Crippen LogP contribution in [0.2, 0.25) is 0 Å². The first-order valence-corrected chi connectivity index (χ1v) is 12.5. The molecule has 4 aromatic rings. The topological polar surface area (TPSA) is 71.0 Å². The van der Waals surface area contributed by atoms with Crippen molar-refractivity contribution in [2.75, 3.05) is 23.3 Å². The molecule has 8 heteroatoms. The second-order valence-electron chi connectivity index (χ2n) is 8.24. The van der Waals surface area contributed by atoms with Gasteiger partial charge in [-0.05, 0) is 51.3 Å². The van der Waals surface area contributed by atoms with Gasteiger partial charge in [0.15, 0.2) is 0 Å². The SMILES string of the molecule is Cc1nc(-c2ccc(NC(=O)C3CCN(c4ncnc5sc(C)c(C)c45)CC3)cc2)cs1. The van der Waals surface area contributed by atoms with E-state index >= 15 is 0 Å². The third kappa shape index (κ3) is 4.00. The van der Waals surface area contributed by atoms with Gasteiger partial charge in [0.2, 0.25) is 5.91 Å². The average molecular weight is 464 g/mol.